The Kier molecular flexibility index (Phi) is 7.70. The van der Waals surface area contributed by atoms with Gasteiger partial charge in [0.25, 0.3) is 0 Å². The fourth-order valence-corrected chi connectivity index (χ4v) is 3.52. The van der Waals surface area contributed by atoms with Crippen LogP contribution < -0.4 is 14.8 Å². The number of aromatic nitrogens is 1. The first kappa shape index (κ1) is 21.6. The first-order valence-corrected chi connectivity index (χ1v) is 9.92. The molecule has 1 N–H and O–H groups in total. The van der Waals surface area contributed by atoms with Gasteiger partial charge in [0, 0.05) is 11.8 Å². The number of carbonyl (C=O) groups excluding carboxylic acids is 1. The van der Waals surface area contributed by atoms with Crippen molar-refractivity contribution >= 4 is 23.4 Å². The number of nitrogens with zero attached hydrogens (tertiary/aromatic N) is 2. The lowest BCUT2D eigenvalue weighted by Crippen LogP contribution is -2.25. The van der Waals surface area contributed by atoms with E-state index < -0.39 is 5.25 Å². The molecule has 0 aliphatic heterocycles. The van der Waals surface area contributed by atoms with Crippen LogP contribution in [0.3, 0.4) is 0 Å². The Labute approximate surface area is 170 Å². The molecule has 0 saturated carbocycles. The maximum Gasteiger partial charge on any atom is 0.238 e. The van der Waals surface area contributed by atoms with Crippen molar-refractivity contribution in [3.63, 3.8) is 0 Å². The number of anilines is 1. The Morgan fingerprint density at radius 2 is 2.00 bits per heavy atom. The third kappa shape index (κ3) is 5.17. The summed E-state index contributed by atoms with van der Waals surface area (Å²) in [5.41, 5.74) is 1.94. The van der Waals surface area contributed by atoms with Crippen LogP contribution in [-0.4, -0.2) is 30.4 Å². The summed E-state index contributed by atoms with van der Waals surface area (Å²) in [4.78, 5) is 17.5. The van der Waals surface area contributed by atoms with Crippen LogP contribution in [0.4, 0.5) is 5.69 Å². The van der Waals surface area contributed by atoms with Crippen molar-refractivity contribution in [1.29, 1.82) is 5.26 Å². The number of methoxy groups -OCH3 is 2. The first-order chi connectivity index (χ1) is 13.4. The molecular formula is C21H25N3O3S. The predicted octanol–water partition coefficient (Wildman–Crippen LogP) is 4.60. The maximum absolute atomic E-state index is 12.9. The van der Waals surface area contributed by atoms with Gasteiger partial charge in [0.05, 0.1) is 30.7 Å². The number of hydrogen-bond acceptors (Lipinski definition) is 6. The fourth-order valence-electron chi connectivity index (χ4n) is 2.52. The lowest BCUT2D eigenvalue weighted by molar-refractivity contribution is -0.115. The van der Waals surface area contributed by atoms with Gasteiger partial charge >= 0.3 is 0 Å². The minimum Gasteiger partial charge on any atom is -0.497 e. The molecule has 0 aliphatic rings. The standard InChI is InChI=1S/C21H25N3O3S/c1-6-19(28-21-14(12-22)7-9-16(24-21)13(2)3)20(25)23-17-10-8-15(26-4)11-18(17)27-5/h7-11,13,19H,6H2,1-5H3,(H,23,25). The molecule has 0 spiro atoms. The molecule has 0 aliphatic carbocycles. The molecule has 7 heteroatoms. The first-order valence-electron chi connectivity index (χ1n) is 9.04. The fraction of sp³-hybridized carbons (Fsp3) is 0.381. The molecule has 2 rings (SSSR count). The summed E-state index contributed by atoms with van der Waals surface area (Å²) in [5.74, 6) is 1.23. The number of thioether (sulfide) groups is 1. The molecule has 1 unspecified atom stereocenters. The van der Waals surface area contributed by atoms with E-state index in [0.29, 0.717) is 34.2 Å². The van der Waals surface area contributed by atoms with Crippen LogP contribution in [0.5, 0.6) is 11.5 Å². The van der Waals surface area contributed by atoms with Crippen LogP contribution >= 0.6 is 11.8 Å². The van der Waals surface area contributed by atoms with E-state index in [1.54, 1.807) is 31.4 Å². The molecule has 6 nitrogen and oxygen atoms in total. The zero-order chi connectivity index (χ0) is 20.7. The monoisotopic (exact) mass is 399 g/mol. The molecule has 28 heavy (non-hydrogen) atoms. The average molecular weight is 400 g/mol. The van der Waals surface area contributed by atoms with E-state index in [2.05, 4.69) is 16.4 Å². The highest BCUT2D eigenvalue weighted by atomic mass is 32.2. The minimum absolute atomic E-state index is 0.170. The second kappa shape index (κ2) is 10.00. The number of amides is 1. The Bertz CT molecular complexity index is 878. The quantitative estimate of drug-likeness (QED) is 0.653. The number of pyridine rings is 1. The van der Waals surface area contributed by atoms with Crippen LogP contribution in [0, 0.1) is 11.3 Å². The third-order valence-electron chi connectivity index (χ3n) is 4.18. The molecule has 0 radical (unpaired) electrons. The van der Waals surface area contributed by atoms with E-state index in [-0.39, 0.29) is 11.8 Å². The molecule has 1 aromatic carbocycles. The van der Waals surface area contributed by atoms with Gasteiger partial charge in [0.1, 0.15) is 22.6 Å². The summed E-state index contributed by atoms with van der Waals surface area (Å²) >= 11 is 1.31. The summed E-state index contributed by atoms with van der Waals surface area (Å²) in [6, 6.07) is 11.0. The van der Waals surface area contributed by atoms with Gasteiger partial charge in [-0.2, -0.15) is 5.26 Å². The zero-order valence-electron chi connectivity index (χ0n) is 16.8. The van der Waals surface area contributed by atoms with Crippen LogP contribution in [0.25, 0.3) is 0 Å². The largest absolute Gasteiger partial charge is 0.497 e. The molecule has 1 heterocycles. The number of nitrogens with one attached hydrogen (secondary N) is 1. The van der Waals surface area contributed by atoms with E-state index in [9.17, 15) is 10.1 Å². The smallest absolute Gasteiger partial charge is 0.238 e. The third-order valence-corrected chi connectivity index (χ3v) is 5.54. The van der Waals surface area contributed by atoms with Gasteiger partial charge < -0.3 is 14.8 Å². The Morgan fingerprint density at radius 3 is 2.57 bits per heavy atom. The van der Waals surface area contributed by atoms with Crippen molar-refractivity contribution < 1.29 is 14.3 Å². The van der Waals surface area contributed by atoms with E-state index >= 15 is 0 Å². The molecule has 148 valence electrons. The molecule has 1 aromatic heterocycles. The number of rotatable bonds is 8. The van der Waals surface area contributed by atoms with Crippen molar-refractivity contribution in [2.75, 3.05) is 19.5 Å². The summed E-state index contributed by atoms with van der Waals surface area (Å²) in [6.07, 6.45) is 0.591. The van der Waals surface area contributed by atoms with Crippen molar-refractivity contribution in [2.24, 2.45) is 0 Å². The maximum atomic E-state index is 12.9. The minimum atomic E-state index is -0.395. The lowest BCUT2D eigenvalue weighted by Gasteiger charge is -2.17. The van der Waals surface area contributed by atoms with E-state index in [4.69, 9.17) is 9.47 Å². The second-order valence-corrected chi connectivity index (χ2v) is 7.62. The number of carbonyl (C=O) groups is 1. The lowest BCUT2D eigenvalue weighted by atomic mass is 10.1. The molecule has 2 aromatic rings. The van der Waals surface area contributed by atoms with Crippen molar-refractivity contribution in [2.45, 2.75) is 43.4 Å². The molecule has 0 bridgehead atoms. The summed E-state index contributed by atoms with van der Waals surface area (Å²) in [5, 5.41) is 12.5. The number of ether oxygens (including phenoxy) is 2. The summed E-state index contributed by atoms with van der Waals surface area (Å²) in [6.45, 7) is 6.02. The van der Waals surface area contributed by atoms with Crippen molar-refractivity contribution in [1.82, 2.24) is 4.98 Å². The molecule has 1 amide bonds. The Morgan fingerprint density at radius 1 is 1.25 bits per heavy atom. The summed E-state index contributed by atoms with van der Waals surface area (Å²) in [7, 11) is 3.11. The highest BCUT2D eigenvalue weighted by Crippen LogP contribution is 2.32. The molecular weight excluding hydrogens is 374 g/mol. The van der Waals surface area contributed by atoms with Gasteiger partial charge in [-0.25, -0.2) is 4.98 Å². The van der Waals surface area contributed by atoms with Gasteiger partial charge in [-0.1, -0.05) is 32.5 Å². The zero-order valence-corrected chi connectivity index (χ0v) is 17.6. The van der Waals surface area contributed by atoms with Crippen LogP contribution in [0.15, 0.2) is 35.4 Å². The second-order valence-electron chi connectivity index (χ2n) is 6.43. The number of benzene rings is 1. The molecule has 0 fully saturated rings. The van der Waals surface area contributed by atoms with Crippen LogP contribution in [0.1, 0.15) is 44.4 Å². The highest BCUT2D eigenvalue weighted by Gasteiger charge is 2.22. The Balaban J connectivity index is 2.23. The normalized spacial score (nSPS) is 11.6. The SMILES string of the molecule is CCC(Sc1nc(C(C)C)ccc1C#N)C(=O)Nc1ccc(OC)cc1OC. The van der Waals surface area contributed by atoms with E-state index in [0.717, 1.165) is 5.69 Å². The van der Waals surface area contributed by atoms with E-state index in [1.165, 1.54) is 18.9 Å². The van der Waals surface area contributed by atoms with Crippen LogP contribution in [0.2, 0.25) is 0 Å². The average Bonchev–Trinajstić information content (AvgIpc) is 2.71. The number of nitriles is 1. The topological polar surface area (TPSA) is 84.2 Å². The number of hydrogen-bond donors (Lipinski definition) is 1. The van der Waals surface area contributed by atoms with Gasteiger partial charge in [0.15, 0.2) is 0 Å². The molecule has 0 saturated heterocycles. The summed E-state index contributed by atoms with van der Waals surface area (Å²) < 4.78 is 10.5. The van der Waals surface area contributed by atoms with Gasteiger partial charge in [-0.15, -0.1) is 0 Å². The van der Waals surface area contributed by atoms with E-state index in [1.807, 2.05) is 26.8 Å². The van der Waals surface area contributed by atoms with Crippen LogP contribution in [-0.2, 0) is 4.79 Å². The van der Waals surface area contributed by atoms with Gasteiger partial charge in [-0.3, -0.25) is 4.79 Å². The van der Waals surface area contributed by atoms with Gasteiger partial charge in [0.2, 0.25) is 5.91 Å². The van der Waals surface area contributed by atoms with Crippen molar-refractivity contribution in [3.8, 4) is 17.6 Å². The molecule has 1 atom stereocenters. The highest BCUT2D eigenvalue weighted by molar-refractivity contribution is 8.00. The van der Waals surface area contributed by atoms with Crippen molar-refractivity contribution in [3.05, 3.63) is 41.6 Å². The predicted molar refractivity (Wildman–Crippen MR) is 111 cm³/mol. The van der Waals surface area contributed by atoms with Gasteiger partial charge in [-0.05, 0) is 36.6 Å². The Hall–Kier alpha value is -2.72.